The van der Waals surface area contributed by atoms with E-state index < -0.39 is 9.84 Å². The molecule has 7 nitrogen and oxygen atoms in total. The Morgan fingerprint density at radius 3 is 2.44 bits per heavy atom. The van der Waals surface area contributed by atoms with Gasteiger partial charge in [-0.2, -0.15) is 0 Å². The molecule has 0 bridgehead atoms. The topological polar surface area (TPSA) is 83.7 Å². The number of rotatable bonds is 6. The molecule has 34 heavy (non-hydrogen) atoms. The van der Waals surface area contributed by atoms with E-state index in [1.165, 1.54) is 4.70 Å². The third-order valence-electron chi connectivity index (χ3n) is 6.12. The summed E-state index contributed by atoms with van der Waals surface area (Å²) in [7, 11) is -3.53. The van der Waals surface area contributed by atoms with Gasteiger partial charge < -0.3 is 9.32 Å². The number of hydrogen-bond donors (Lipinski definition) is 0. The van der Waals surface area contributed by atoms with E-state index in [0.29, 0.717) is 13.1 Å². The number of fused-ring (bicyclic) bond motifs is 1. The van der Waals surface area contributed by atoms with Crippen molar-refractivity contribution in [1.82, 2.24) is 14.8 Å². The van der Waals surface area contributed by atoms with Crippen LogP contribution < -0.4 is 0 Å². The molecule has 0 saturated carbocycles. The number of amides is 1. The van der Waals surface area contributed by atoms with Gasteiger partial charge in [0.1, 0.15) is 16.5 Å². The summed E-state index contributed by atoms with van der Waals surface area (Å²) in [5.41, 5.74) is 1.02. The molecule has 1 atom stereocenters. The van der Waals surface area contributed by atoms with E-state index in [9.17, 15) is 13.2 Å². The van der Waals surface area contributed by atoms with Gasteiger partial charge in [-0.3, -0.25) is 9.69 Å². The molecule has 1 aliphatic heterocycles. The number of benzene rings is 2. The molecule has 1 aliphatic rings. The van der Waals surface area contributed by atoms with Gasteiger partial charge in [0.2, 0.25) is 0 Å². The lowest BCUT2D eigenvalue weighted by Crippen LogP contribution is -2.49. The van der Waals surface area contributed by atoms with Crippen LogP contribution in [0.2, 0.25) is 0 Å². The summed E-state index contributed by atoms with van der Waals surface area (Å²) in [6.07, 6.45) is 0. The van der Waals surface area contributed by atoms with Crippen LogP contribution in [0, 0.1) is 0 Å². The number of carbonyl (C=O) groups is 1. The van der Waals surface area contributed by atoms with Gasteiger partial charge in [-0.15, -0.1) is 11.3 Å². The van der Waals surface area contributed by atoms with E-state index in [-0.39, 0.29) is 34.1 Å². The van der Waals surface area contributed by atoms with Gasteiger partial charge in [0.05, 0.1) is 21.2 Å². The van der Waals surface area contributed by atoms with E-state index in [4.69, 9.17) is 9.40 Å². The predicted molar refractivity (Wildman–Crippen MR) is 132 cm³/mol. The van der Waals surface area contributed by atoms with Gasteiger partial charge in [-0.1, -0.05) is 30.3 Å². The Kier molecular flexibility index (Phi) is 6.24. The summed E-state index contributed by atoms with van der Waals surface area (Å²) in [6, 6.07) is 19.7. The molecule has 5 rings (SSSR count). The number of sulfone groups is 1. The third-order valence-corrected chi connectivity index (χ3v) is 8.99. The van der Waals surface area contributed by atoms with Gasteiger partial charge >= 0.3 is 0 Å². The SMILES string of the molecule is C[C@@H](c1nc2ccccc2s1)N1CCN(C(=O)c2ccc(CS(=O)(=O)c3ccccc3)o2)CC1. The van der Waals surface area contributed by atoms with E-state index in [0.717, 1.165) is 23.6 Å². The number of hydrogen-bond acceptors (Lipinski definition) is 7. The van der Waals surface area contributed by atoms with Crippen LogP contribution in [0.15, 0.2) is 76.0 Å². The minimum atomic E-state index is -3.53. The normalized spacial score (nSPS) is 16.1. The zero-order chi connectivity index (χ0) is 23.7. The molecule has 0 aliphatic carbocycles. The Balaban J connectivity index is 1.20. The van der Waals surface area contributed by atoms with Crippen molar-refractivity contribution in [2.45, 2.75) is 23.6 Å². The lowest BCUT2D eigenvalue weighted by molar-refractivity contribution is 0.0551. The molecule has 2 aromatic carbocycles. The first-order chi connectivity index (χ1) is 16.4. The van der Waals surface area contributed by atoms with Crippen molar-refractivity contribution >= 4 is 37.3 Å². The van der Waals surface area contributed by atoms with Crippen molar-refractivity contribution in [2.24, 2.45) is 0 Å². The second kappa shape index (κ2) is 9.32. The van der Waals surface area contributed by atoms with Crippen LogP contribution in [0.1, 0.15) is 34.3 Å². The maximum Gasteiger partial charge on any atom is 0.289 e. The summed E-state index contributed by atoms with van der Waals surface area (Å²) in [6.45, 7) is 4.78. The van der Waals surface area contributed by atoms with Crippen LogP contribution in [0.25, 0.3) is 10.2 Å². The fourth-order valence-electron chi connectivity index (χ4n) is 4.16. The molecule has 3 heterocycles. The molecule has 0 unspecified atom stereocenters. The molecule has 176 valence electrons. The largest absolute Gasteiger partial charge is 0.455 e. The predicted octanol–water partition coefficient (Wildman–Crippen LogP) is 4.38. The number of para-hydroxylation sites is 1. The highest BCUT2D eigenvalue weighted by atomic mass is 32.2. The van der Waals surface area contributed by atoms with Crippen LogP contribution >= 0.6 is 11.3 Å². The number of nitrogens with zero attached hydrogens (tertiary/aromatic N) is 3. The number of aromatic nitrogens is 1. The van der Waals surface area contributed by atoms with Gasteiger partial charge in [-0.05, 0) is 43.3 Å². The summed E-state index contributed by atoms with van der Waals surface area (Å²) in [4.78, 5) is 22.1. The first-order valence-corrected chi connectivity index (χ1v) is 13.6. The molecule has 4 aromatic rings. The molecule has 1 saturated heterocycles. The summed E-state index contributed by atoms with van der Waals surface area (Å²) in [5.74, 6) is -0.0607. The molecule has 1 fully saturated rings. The zero-order valence-electron chi connectivity index (χ0n) is 18.8. The summed E-state index contributed by atoms with van der Waals surface area (Å²) in [5, 5.41) is 1.08. The average Bonchev–Trinajstić information content (AvgIpc) is 3.50. The molecule has 1 amide bonds. The second-order valence-electron chi connectivity index (χ2n) is 8.36. The van der Waals surface area contributed by atoms with Crippen LogP contribution in [0.5, 0.6) is 0 Å². The standard InChI is InChI=1S/C25H25N3O4S2/c1-18(24-26-21-9-5-6-10-23(21)33-24)27-13-15-28(16-14-27)25(29)22-12-11-19(32-22)17-34(30,31)20-7-3-2-4-8-20/h2-12,18H,13-17H2,1H3/t18-/m0/s1. The second-order valence-corrected chi connectivity index (χ2v) is 11.4. The van der Waals surface area contributed by atoms with Gasteiger partial charge in [0.15, 0.2) is 15.6 Å². The third kappa shape index (κ3) is 4.64. The summed E-state index contributed by atoms with van der Waals surface area (Å²) < 4.78 is 32.0. The van der Waals surface area contributed by atoms with Crippen molar-refractivity contribution in [1.29, 1.82) is 0 Å². The Morgan fingerprint density at radius 2 is 1.71 bits per heavy atom. The molecule has 9 heteroatoms. The molecular formula is C25H25N3O4S2. The van der Waals surface area contributed by atoms with E-state index >= 15 is 0 Å². The minimum Gasteiger partial charge on any atom is -0.455 e. The monoisotopic (exact) mass is 495 g/mol. The van der Waals surface area contributed by atoms with Gasteiger partial charge in [0, 0.05) is 26.2 Å². The fraction of sp³-hybridized carbons (Fsp3) is 0.280. The molecule has 0 spiro atoms. The van der Waals surface area contributed by atoms with Crippen LogP contribution in [0.3, 0.4) is 0 Å². The smallest absolute Gasteiger partial charge is 0.289 e. The molecular weight excluding hydrogens is 470 g/mol. The Labute approximate surface area is 202 Å². The molecule has 0 radical (unpaired) electrons. The van der Waals surface area contributed by atoms with Gasteiger partial charge in [-0.25, -0.2) is 13.4 Å². The van der Waals surface area contributed by atoms with Crippen molar-refractivity contribution in [3.05, 3.63) is 83.3 Å². The molecule has 0 N–H and O–H groups in total. The van der Waals surface area contributed by atoms with E-state index in [2.05, 4.69) is 17.9 Å². The zero-order valence-corrected chi connectivity index (χ0v) is 20.4. The van der Waals surface area contributed by atoms with Crippen molar-refractivity contribution < 1.29 is 17.6 Å². The highest BCUT2D eigenvalue weighted by molar-refractivity contribution is 7.90. The Bertz CT molecular complexity index is 1370. The first-order valence-electron chi connectivity index (χ1n) is 11.2. The lowest BCUT2D eigenvalue weighted by atomic mass is 10.2. The quantitative estimate of drug-likeness (QED) is 0.395. The average molecular weight is 496 g/mol. The summed E-state index contributed by atoms with van der Waals surface area (Å²) >= 11 is 1.71. The number of furan rings is 1. The van der Waals surface area contributed by atoms with Crippen LogP contribution in [0.4, 0.5) is 0 Å². The first kappa shape index (κ1) is 22.8. The highest BCUT2D eigenvalue weighted by Crippen LogP contribution is 2.30. The van der Waals surface area contributed by atoms with Crippen LogP contribution in [-0.4, -0.2) is 55.3 Å². The van der Waals surface area contributed by atoms with Crippen molar-refractivity contribution in [2.75, 3.05) is 26.2 Å². The number of carbonyl (C=O) groups excluding carboxylic acids is 1. The number of piperazine rings is 1. The van der Waals surface area contributed by atoms with Crippen molar-refractivity contribution in [3.63, 3.8) is 0 Å². The van der Waals surface area contributed by atoms with E-state index in [1.54, 1.807) is 58.7 Å². The molecule has 2 aromatic heterocycles. The van der Waals surface area contributed by atoms with Crippen LogP contribution in [-0.2, 0) is 15.6 Å². The lowest BCUT2D eigenvalue weighted by Gasteiger charge is -2.37. The maximum atomic E-state index is 13.0. The number of thiazole rings is 1. The fourth-order valence-corrected chi connectivity index (χ4v) is 6.48. The van der Waals surface area contributed by atoms with E-state index in [1.807, 2.05) is 18.2 Å². The Morgan fingerprint density at radius 1 is 1.00 bits per heavy atom. The highest BCUT2D eigenvalue weighted by Gasteiger charge is 2.28. The van der Waals surface area contributed by atoms with Crippen molar-refractivity contribution in [3.8, 4) is 0 Å². The van der Waals surface area contributed by atoms with Gasteiger partial charge in [0.25, 0.3) is 5.91 Å². The maximum absolute atomic E-state index is 13.0. The minimum absolute atomic E-state index is 0.172. The Hall–Kier alpha value is -3.01.